The van der Waals surface area contributed by atoms with E-state index in [1.165, 1.54) is 0 Å². The van der Waals surface area contributed by atoms with Crippen molar-refractivity contribution in [1.29, 1.82) is 0 Å². The molecule has 2 unspecified atom stereocenters. The van der Waals surface area contributed by atoms with Gasteiger partial charge in [0.15, 0.2) is 17.4 Å². The Labute approximate surface area is 104 Å². The van der Waals surface area contributed by atoms with Crippen LogP contribution >= 0.6 is 18.7 Å². The van der Waals surface area contributed by atoms with Crippen molar-refractivity contribution in [2.24, 2.45) is 0 Å². The monoisotopic (exact) mass is 274 g/mol. The van der Waals surface area contributed by atoms with Crippen molar-refractivity contribution in [3.8, 4) is 0 Å². The topological polar surface area (TPSA) is 17.1 Å². The van der Waals surface area contributed by atoms with Crippen LogP contribution in [0.1, 0.15) is 0 Å². The van der Waals surface area contributed by atoms with Crippen LogP contribution in [0.2, 0.25) is 0 Å². The maximum atomic E-state index is 8.98. The number of hydrogen-bond acceptors (Lipinski definition) is 1. The van der Waals surface area contributed by atoms with Gasteiger partial charge in [-0.2, -0.15) is 9.90 Å². The molecule has 8 heavy (non-hydrogen) atoms. The average molecular weight is 274 g/mol. The van der Waals surface area contributed by atoms with E-state index >= 15 is 0 Å². The van der Waals surface area contributed by atoms with Crippen LogP contribution in [-0.4, -0.2) is 43.8 Å². The van der Waals surface area contributed by atoms with Gasteiger partial charge in [-0.25, -0.2) is 0 Å². The molecule has 0 aliphatic heterocycles. The molecule has 1 nitrogen and oxygen atoms in total. The summed E-state index contributed by atoms with van der Waals surface area (Å²) in [6.07, 6.45) is 0. The minimum atomic E-state index is -0.583. The summed E-state index contributed by atoms with van der Waals surface area (Å²) in [6.45, 7) is 0. The number of hydrogen-bond donors (Lipinski definition) is 0. The quantitative estimate of drug-likeness (QED) is 0.353. The normalized spacial score (nSPS) is 1.62. The summed E-state index contributed by atoms with van der Waals surface area (Å²) < 4.78 is 8.98. The maximum absolute atomic E-state index is 8.98. The molecule has 0 bridgehead atoms. The third kappa shape index (κ3) is 60.8. The van der Waals surface area contributed by atoms with Gasteiger partial charge in [0.2, 0.25) is 0 Å². The SMILES string of the molecule is O=[SiH]P.P.[AlH2].[AlH3].[Mn].[Ti]. The molecule has 0 aromatic rings. The third-order valence-corrected chi connectivity index (χ3v) is 0. The van der Waals surface area contributed by atoms with Gasteiger partial charge in [0.25, 0.3) is 9.07 Å². The molecule has 0 aliphatic rings. The van der Waals surface area contributed by atoms with Gasteiger partial charge in [-0.1, -0.05) is 8.79 Å². The second kappa shape index (κ2) is 49.1. The van der Waals surface area contributed by atoms with Gasteiger partial charge in [0.1, 0.15) is 17.4 Å². The molecular weight excluding hydrogens is 263 g/mol. The Kier molecular flexibility index (Phi) is 265. The molecule has 0 aliphatic carbocycles. The van der Waals surface area contributed by atoms with E-state index in [9.17, 15) is 0 Å². The Morgan fingerprint density at radius 3 is 1.38 bits per heavy atom. The van der Waals surface area contributed by atoms with E-state index in [2.05, 4.69) is 8.79 Å². The Balaban J connectivity index is -0.00000000200. The Bertz CT molecular complexity index is 27.5. The molecule has 0 N–H and O–H groups in total. The van der Waals surface area contributed by atoms with E-state index in [1.807, 2.05) is 0 Å². The van der Waals surface area contributed by atoms with E-state index in [4.69, 9.17) is 4.46 Å². The Morgan fingerprint density at radius 2 is 1.38 bits per heavy atom. The van der Waals surface area contributed by atoms with Crippen LogP contribution in [0.4, 0.5) is 0 Å². The average Bonchev–Trinajstić information content (AvgIpc) is 0.918. The van der Waals surface area contributed by atoms with E-state index in [-0.39, 0.29) is 83.4 Å². The zero-order valence-electron chi connectivity index (χ0n) is 4.15. The second-order valence-corrected chi connectivity index (χ2v) is 1.22. The van der Waals surface area contributed by atoms with E-state index in [0.29, 0.717) is 0 Å². The zero-order valence-corrected chi connectivity index (χ0v) is 12.6. The molecule has 0 saturated heterocycles. The molecule has 0 spiro atoms. The first kappa shape index (κ1) is 43.2. The molecule has 0 fully saturated rings. The van der Waals surface area contributed by atoms with Crippen LogP contribution in [0.3, 0.4) is 0 Å². The fourth-order valence-corrected chi connectivity index (χ4v) is 0. The van der Waals surface area contributed by atoms with Crippen molar-refractivity contribution < 1.29 is 43.2 Å². The predicted molar refractivity (Wildman–Crippen MR) is 47.1 cm³/mol. The van der Waals surface area contributed by atoms with Crippen LogP contribution in [0.15, 0.2) is 0 Å². The van der Waals surface area contributed by atoms with Gasteiger partial charge in [-0.15, -0.1) is 0 Å². The fourth-order valence-electron chi connectivity index (χ4n) is 0. The fraction of sp³-hybridized carbons (Fsp3) is 0. The molecule has 0 heterocycles. The summed E-state index contributed by atoms with van der Waals surface area (Å²) in [5.74, 6) is 0. The van der Waals surface area contributed by atoms with Gasteiger partial charge in [-0.3, -0.25) is 0 Å². The predicted octanol–water partition coefficient (Wildman–Crippen LogP) is -2.49. The van der Waals surface area contributed by atoms with Gasteiger partial charge < -0.3 is 4.46 Å². The molecular formula is H11Al2MnOP2SiTi. The van der Waals surface area contributed by atoms with Crippen molar-refractivity contribution in [3.63, 3.8) is 0 Å². The molecule has 48 valence electrons. The Morgan fingerprint density at radius 1 is 1.38 bits per heavy atom. The molecule has 0 saturated carbocycles. The molecule has 0 amide bonds. The first-order valence-electron chi connectivity index (χ1n) is 0.569. The minimum Gasteiger partial charge on any atom is -0.387 e. The largest absolute Gasteiger partial charge is 0.387 e. The van der Waals surface area contributed by atoms with Crippen LogP contribution in [-0.2, 0) is 43.2 Å². The maximum Gasteiger partial charge on any atom is 0.282 e. The minimum absolute atomic E-state index is 0. The first-order valence-corrected chi connectivity index (χ1v) is 3.71. The molecule has 2 atom stereocenters. The Hall–Kier alpha value is 3.18. The van der Waals surface area contributed by atoms with Crippen molar-refractivity contribution in [3.05, 3.63) is 0 Å². The molecule has 0 aromatic carbocycles. The van der Waals surface area contributed by atoms with Crippen LogP contribution in [0, 0.1) is 0 Å². The second-order valence-electron chi connectivity index (χ2n) is 0.136. The standard InChI is InChI=1S/2Al.Mn.H3OPSi.H3P.Ti.5H/c;;;1-3-2;;;;;;;/h;;;3H,2H2;1H3;;;;;;. The van der Waals surface area contributed by atoms with Gasteiger partial charge >= 0.3 is 0 Å². The van der Waals surface area contributed by atoms with Crippen molar-refractivity contribution in [2.75, 3.05) is 0 Å². The smallest absolute Gasteiger partial charge is 0.282 e. The van der Waals surface area contributed by atoms with E-state index < -0.39 is 9.07 Å². The van der Waals surface area contributed by atoms with Gasteiger partial charge in [-0.05, 0) is 0 Å². The summed E-state index contributed by atoms with van der Waals surface area (Å²) in [7, 11) is 1.52. The summed E-state index contributed by atoms with van der Waals surface area (Å²) in [6, 6.07) is 0. The molecule has 8 heteroatoms. The van der Waals surface area contributed by atoms with Crippen LogP contribution in [0.5, 0.6) is 0 Å². The third-order valence-electron chi connectivity index (χ3n) is 0. The van der Waals surface area contributed by atoms with E-state index in [1.54, 1.807) is 0 Å². The van der Waals surface area contributed by atoms with Gasteiger partial charge in [0.05, 0.1) is 0 Å². The summed E-state index contributed by atoms with van der Waals surface area (Å²) in [5, 5.41) is 0. The van der Waals surface area contributed by atoms with Crippen molar-refractivity contribution in [1.82, 2.24) is 0 Å². The molecule has 0 aromatic heterocycles. The van der Waals surface area contributed by atoms with Crippen molar-refractivity contribution in [2.45, 2.75) is 0 Å². The van der Waals surface area contributed by atoms with Gasteiger partial charge in [0, 0.05) is 38.8 Å². The number of rotatable bonds is 0. The first-order chi connectivity index (χ1) is 1.41. The summed E-state index contributed by atoms with van der Waals surface area (Å²) in [4.78, 5) is 0. The molecule has 0 rings (SSSR count). The van der Waals surface area contributed by atoms with E-state index in [0.717, 1.165) is 0 Å². The van der Waals surface area contributed by atoms with Crippen LogP contribution in [0.25, 0.3) is 0 Å². The summed E-state index contributed by atoms with van der Waals surface area (Å²) in [5.41, 5.74) is 0. The van der Waals surface area contributed by atoms with Crippen LogP contribution < -0.4 is 0 Å². The summed E-state index contributed by atoms with van der Waals surface area (Å²) >= 11 is 0. The van der Waals surface area contributed by atoms with Crippen molar-refractivity contribution >= 4 is 62.5 Å². The molecule has 2 radical (unpaired) electrons. The zero-order chi connectivity index (χ0) is 2.71.